The number of piperidine rings is 1. The summed E-state index contributed by atoms with van der Waals surface area (Å²) in [4.78, 5) is 4.23. The van der Waals surface area contributed by atoms with E-state index >= 15 is 0 Å². The Labute approximate surface area is 110 Å². The molecule has 1 N–H and O–H groups in total. The maximum atomic E-state index is 13.3. The largest absolute Gasteiger partial charge is 0.493 e. The van der Waals surface area contributed by atoms with Gasteiger partial charge in [-0.05, 0) is 49.2 Å². The number of aromatic nitrogens is 1. The summed E-state index contributed by atoms with van der Waals surface area (Å²) < 4.78 is 19.2. The molecule has 2 unspecified atom stereocenters. The van der Waals surface area contributed by atoms with E-state index in [4.69, 9.17) is 4.74 Å². The number of fused-ring (bicyclic) bond motifs is 2. The summed E-state index contributed by atoms with van der Waals surface area (Å²) in [6.45, 7) is 2.96. The van der Waals surface area contributed by atoms with E-state index in [0.29, 0.717) is 5.92 Å². The molecular formula is C15H15FN2O. The maximum Gasteiger partial charge on any atom is 0.130 e. The monoisotopic (exact) mass is 258 g/mol. The van der Waals surface area contributed by atoms with Crippen LogP contribution in [0, 0.1) is 23.6 Å². The molecule has 3 nitrogen and oxygen atoms in total. The van der Waals surface area contributed by atoms with Crippen molar-refractivity contribution in [1.29, 1.82) is 0 Å². The third kappa shape index (κ3) is 1.87. The van der Waals surface area contributed by atoms with Gasteiger partial charge >= 0.3 is 0 Å². The molecule has 0 spiro atoms. The van der Waals surface area contributed by atoms with E-state index < -0.39 is 0 Å². The van der Waals surface area contributed by atoms with Crippen LogP contribution in [-0.2, 0) is 0 Å². The van der Waals surface area contributed by atoms with Gasteiger partial charge in [-0.1, -0.05) is 0 Å². The smallest absolute Gasteiger partial charge is 0.130 e. The number of ether oxygens (including phenoxy) is 1. The molecule has 19 heavy (non-hydrogen) atoms. The predicted octanol–water partition coefficient (Wildman–Crippen LogP) is 2.22. The second-order valence-corrected chi connectivity index (χ2v) is 5.43. The highest BCUT2D eigenvalue weighted by Gasteiger charge is 2.52. The standard InChI is InChI=1S/C15H15FN2O/c16-9-1-2-14-10(5-9)15(3-4-18-14)19-8-13-11-6-17-7-12(11)13/h1-5,11-13,17H,6-8H2. The van der Waals surface area contributed by atoms with Crippen LogP contribution < -0.4 is 10.1 Å². The Kier molecular flexibility index (Phi) is 2.45. The highest BCUT2D eigenvalue weighted by atomic mass is 19.1. The van der Waals surface area contributed by atoms with Gasteiger partial charge in [0.05, 0.1) is 12.1 Å². The molecule has 1 aliphatic carbocycles. The van der Waals surface area contributed by atoms with Gasteiger partial charge in [0.15, 0.2) is 0 Å². The van der Waals surface area contributed by atoms with E-state index in [1.807, 2.05) is 6.07 Å². The summed E-state index contributed by atoms with van der Waals surface area (Å²) in [6.07, 6.45) is 1.71. The molecular weight excluding hydrogens is 243 g/mol. The Morgan fingerprint density at radius 1 is 1.26 bits per heavy atom. The first kappa shape index (κ1) is 11.2. The van der Waals surface area contributed by atoms with E-state index in [0.717, 1.165) is 48.2 Å². The Hall–Kier alpha value is -1.68. The van der Waals surface area contributed by atoms with E-state index in [9.17, 15) is 4.39 Å². The first-order valence-corrected chi connectivity index (χ1v) is 6.71. The minimum absolute atomic E-state index is 0.252. The van der Waals surface area contributed by atoms with Crippen molar-refractivity contribution in [2.24, 2.45) is 17.8 Å². The molecule has 0 amide bonds. The molecule has 2 atom stereocenters. The zero-order chi connectivity index (χ0) is 12.8. The van der Waals surface area contributed by atoms with Gasteiger partial charge in [-0.25, -0.2) is 4.39 Å². The lowest BCUT2D eigenvalue weighted by molar-refractivity contribution is 0.283. The summed E-state index contributed by atoms with van der Waals surface area (Å²) in [5.74, 6) is 2.72. The van der Waals surface area contributed by atoms with Crippen molar-refractivity contribution >= 4 is 10.9 Å². The number of hydrogen-bond acceptors (Lipinski definition) is 3. The Balaban J connectivity index is 1.55. The van der Waals surface area contributed by atoms with Gasteiger partial charge in [0.2, 0.25) is 0 Å². The van der Waals surface area contributed by atoms with E-state index in [-0.39, 0.29) is 5.82 Å². The molecule has 2 heterocycles. The van der Waals surface area contributed by atoms with Crippen LogP contribution in [0.15, 0.2) is 30.5 Å². The minimum Gasteiger partial charge on any atom is -0.493 e. The van der Waals surface area contributed by atoms with Gasteiger partial charge in [-0.3, -0.25) is 4.98 Å². The average molecular weight is 258 g/mol. The third-order valence-electron chi connectivity index (χ3n) is 4.36. The Morgan fingerprint density at radius 3 is 2.95 bits per heavy atom. The molecule has 1 aromatic heterocycles. The number of nitrogens with one attached hydrogen (secondary N) is 1. The normalized spacial score (nSPS) is 28.4. The van der Waals surface area contributed by atoms with Gasteiger partial charge in [0.25, 0.3) is 0 Å². The summed E-state index contributed by atoms with van der Waals surface area (Å²) in [5, 5.41) is 4.13. The second kappa shape index (κ2) is 4.17. The molecule has 4 heteroatoms. The molecule has 2 aliphatic rings. The summed E-state index contributed by atoms with van der Waals surface area (Å²) in [7, 11) is 0. The van der Waals surface area contributed by atoms with Crippen LogP contribution in [0.5, 0.6) is 5.75 Å². The van der Waals surface area contributed by atoms with Crippen molar-refractivity contribution in [2.75, 3.05) is 19.7 Å². The van der Waals surface area contributed by atoms with E-state index in [1.54, 1.807) is 12.3 Å². The lowest BCUT2D eigenvalue weighted by Crippen LogP contribution is -2.17. The molecule has 4 rings (SSSR count). The fourth-order valence-corrected chi connectivity index (χ4v) is 3.20. The molecule has 2 fully saturated rings. The Morgan fingerprint density at radius 2 is 2.11 bits per heavy atom. The van der Waals surface area contributed by atoms with Crippen LogP contribution in [0.2, 0.25) is 0 Å². The van der Waals surface area contributed by atoms with Crippen molar-refractivity contribution in [3.63, 3.8) is 0 Å². The van der Waals surface area contributed by atoms with Gasteiger partial charge in [-0.2, -0.15) is 0 Å². The maximum absolute atomic E-state index is 13.3. The van der Waals surface area contributed by atoms with Crippen molar-refractivity contribution in [3.05, 3.63) is 36.3 Å². The molecule has 0 radical (unpaired) electrons. The molecule has 1 saturated carbocycles. The van der Waals surface area contributed by atoms with Crippen LogP contribution in [0.25, 0.3) is 10.9 Å². The van der Waals surface area contributed by atoms with Crippen LogP contribution in [0.1, 0.15) is 0 Å². The highest BCUT2D eigenvalue weighted by molar-refractivity contribution is 5.84. The number of hydrogen-bond donors (Lipinski definition) is 1. The fraction of sp³-hybridized carbons (Fsp3) is 0.400. The van der Waals surface area contributed by atoms with Crippen LogP contribution >= 0.6 is 0 Å². The summed E-state index contributed by atoms with van der Waals surface area (Å²) >= 11 is 0. The van der Waals surface area contributed by atoms with Gasteiger partial charge in [-0.15, -0.1) is 0 Å². The average Bonchev–Trinajstić information content (AvgIpc) is 2.85. The molecule has 1 saturated heterocycles. The molecule has 2 aromatic rings. The number of benzene rings is 1. The van der Waals surface area contributed by atoms with E-state index in [2.05, 4.69) is 10.3 Å². The predicted molar refractivity (Wildman–Crippen MR) is 70.5 cm³/mol. The number of halogens is 1. The first-order valence-electron chi connectivity index (χ1n) is 6.71. The molecule has 98 valence electrons. The second-order valence-electron chi connectivity index (χ2n) is 5.43. The van der Waals surface area contributed by atoms with Crippen molar-refractivity contribution in [1.82, 2.24) is 10.3 Å². The zero-order valence-electron chi connectivity index (χ0n) is 10.5. The summed E-state index contributed by atoms with van der Waals surface area (Å²) in [6, 6.07) is 6.43. The lowest BCUT2D eigenvalue weighted by Gasteiger charge is -2.10. The quantitative estimate of drug-likeness (QED) is 0.916. The molecule has 0 bridgehead atoms. The SMILES string of the molecule is Fc1ccc2nccc(OCC3C4CNCC43)c2c1. The van der Waals surface area contributed by atoms with Gasteiger partial charge < -0.3 is 10.1 Å². The van der Waals surface area contributed by atoms with Crippen molar-refractivity contribution in [3.8, 4) is 5.75 Å². The highest BCUT2D eigenvalue weighted by Crippen LogP contribution is 2.48. The molecule has 1 aliphatic heterocycles. The van der Waals surface area contributed by atoms with Crippen LogP contribution in [0.4, 0.5) is 4.39 Å². The molecule has 1 aromatic carbocycles. The van der Waals surface area contributed by atoms with Crippen LogP contribution in [-0.4, -0.2) is 24.7 Å². The number of rotatable bonds is 3. The Bertz CT molecular complexity index is 621. The lowest BCUT2D eigenvalue weighted by atomic mass is 10.2. The van der Waals surface area contributed by atoms with Crippen LogP contribution in [0.3, 0.4) is 0 Å². The van der Waals surface area contributed by atoms with Gasteiger partial charge in [0.1, 0.15) is 11.6 Å². The number of pyridine rings is 1. The number of nitrogens with zero attached hydrogens (tertiary/aromatic N) is 1. The topological polar surface area (TPSA) is 34.1 Å². The summed E-state index contributed by atoms with van der Waals surface area (Å²) in [5.41, 5.74) is 0.775. The van der Waals surface area contributed by atoms with Crippen molar-refractivity contribution in [2.45, 2.75) is 0 Å². The van der Waals surface area contributed by atoms with Gasteiger partial charge in [0, 0.05) is 17.5 Å². The first-order chi connectivity index (χ1) is 9.33. The third-order valence-corrected chi connectivity index (χ3v) is 4.36. The fourth-order valence-electron chi connectivity index (χ4n) is 3.20. The minimum atomic E-state index is -0.252. The van der Waals surface area contributed by atoms with E-state index in [1.165, 1.54) is 12.1 Å². The van der Waals surface area contributed by atoms with Crippen molar-refractivity contribution < 1.29 is 9.13 Å². The zero-order valence-corrected chi connectivity index (χ0v) is 10.5.